The van der Waals surface area contributed by atoms with Crippen molar-refractivity contribution in [3.05, 3.63) is 29.3 Å². The van der Waals surface area contributed by atoms with E-state index in [1.165, 1.54) is 0 Å². The lowest BCUT2D eigenvalue weighted by atomic mass is 10.0. The van der Waals surface area contributed by atoms with Gasteiger partial charge in [0.05, 0.1) is 24.2 Å². The first kappa shape index (κ1) is 24.3. The van der Waals surface area contributed by atoms with Crippen molar-refractivity contribution in [2.24, 2.45) is 5.92 Å². The zero-order chi connectivity index (χ0) is 23.9. The van der Waals surface area contributed by atoms with Crippen LogP contribution in [0.15, 0.2) is 29.2 Å². The molecule has 0 bridgehead atoms. The molecule has 4 fully saturated rings. The van der Waals surface area contributed by atoms with Crippen molar-refractivity contribution in [2.45, 2.75) is 74.1 Å². The molecule has 0 aromatic heterocycles. The van der Waals surface area contributed by atoms with Gasteiger partial charge in [-0.15, -0.1) is 0 Å². The maximum atomic E-state index is 13.9. The first-order valence-electron chi connectivity index (χ1n) is 12.4. The normalized spacial score (nSPS) is 29.6. The van der Waals surface area contributed by atoms with E-state index in [1.807, 2.05) is 0 Å². The maximum absolute atomic E-state index is 13.9. The molecule has 1 amide bonds. The fraction of sp³-hybridized carbons (Fsp3) is 0.708. The van der Waals surface area contributed by atoms with Gasteiger partial charge in [0.2, 0.25) is 10.0 Å². The minimum Gasteiger partial charge on any atom is -0.441 e. The van der Waals surface area contributed by atoms with E-state index in [-0.39, 0.29) is 29.7 Å². The van der Waals surface area contributed by atoms with Gasteiger partial charge >= 0.3 is 6.09 Å². The van der Waals surface area contributed by atoms with E-state index in [0.717, 1.165) is 38.8 Å². The molecular weight excluding hydrogens is 478 g/mol. The molecule has 0 radical (unpaired) electrons. The van der Waals surface area contributed by atoms with Crippen LogP contribution in [0, 0.1) is 5.92 Å². The molecule has 2 saturated heterocycles. The number of amides is 1. The lowest BCUT2D eigenvalue weighted by molar-refractivity contribution is -0.0756. The van der Waals surface area contributed by atoms with Gasteiger partial charge in [-0.05, 0) is 55.9 Å². The summed E-state index contributed by atoms with van der Waals surface area (Å²) in [6, 6.07) is 5.57. The predicted octanol–water partition coefficient (Wildman–Crippen LogP) is 3.25. The Balaban J connectivity index is 1.43. The van der Waals surface area contributed by atoms with E-state index in [1.54, 1.807) is 33.5 Å². The highest BCUT2D eigenvalue weighted by Gasteiger charge is 2.61. The number of hydrogen-bond acceptors (Lipinski definition) is 6. The number of nitrogens with one attached hydrogen (secondary N) is 1. The van der Waals surface area contributed by atoms with Crippen LogP contribution in [-0.4, -0.2) is 80.3 Å². The van der Waals surface area contributed by atoms with Crippen molar-refractivity contribution in [1.82, 2.24) is 14.5 Å². The molecule has 188 valence electrons. The molecule has 8 nitrogen and oxygen atoms in total. The summed E-state index contributed by atoms with van der Waals surface area (Å²) in [5.41, 5.74) is -0.845. The van der Waals surface area contributed by atoms with Crippen molar-refractivity contribution >= 4 is 27.7 Å². The van der Waals surface area contributed by atoms with Crippen molar-refractivity contribution in [3.8, 4) is 0 Å². The molecule has 2 aliphatic carbocycles. The van der Waals surface area contributed by atoms with Gasteiger partial charge < -0.3 is 19.7 Å². The fourth-order valence-corrected chi connectivity index (χ4v) is 7.31. The average molecular weight is 512 g/mol. The number of rotatable bonds is 7. The Kier molecular flexibility index (Phi) is 6.85. The van der Waals surface area contributed by atoms with Crippen LogP contribution in [0.25, 0.3) is 0 Å². The maximum Gasteiger partial charge on any atom is 0.410 e. The minimum atomic E-state index is -3.83. The third kappa shape index (κ3) is 4.82. The highest BCUT2D eigenvalue weighted by atomic mass is 35.5. The number of morpholine rings is 1. The molecule has 0 spiro atoms. The second kappa shape index (κ2) is 9.58. The molecule has 34 heavy (non-hydrogen) atoms. The molecule has 1 aromatic carbocycles. The van der Waals surface area contributed by atoms with Crippen LogP contribution >= 0.6 is 11.6 Å². The van der Waals surface area contributed by atoms with Crippen molar-refractivity contribution < 1.29 is 22.7 Å². The van der Waals surface area contributed by atoms with Gasteiger partial charge in [-0.1, -0.05) is 31.4 Å². The number of piperazine rings is 1. The van der Waals surface area contributed by atoms with Crippen molar-refractivity contribution in [1.29, 1.82) is 0 Å². The van der Waals surface area contributed by atoms with E-state index in [2.05, 4.69) is 12.2 Å². The second-order valence-electron chi connectivity index (χ2n) is 10.1. The molecule has 10 heteroatoms. The van der Waals surface area contributed by atoms with E-state index in [9.17, 15) is 13.2 Å². The fourth-order valence-electron chi connectivity index (χ4n) is 5.33. The molecule has 0 unspecified atom stereocenters. The summed E-state index contributed by atoms with van der Waals surface area (Å²) in [7, 11) is -3.83. The smallest absolute Gasteiger partial charge is 0.410 e. The largest absolute Gasteiger partial charge is 0.441 e. The van der Waals surface area contributed by atoms with Gasteiger partial charge in [0.25, 0.3) is 0 Å². The van der Waals surface area contributed by atoms with Crippen LogP contribution < -0.4 is 5.32 Å². The Morgan fingerprint density at radius 2 is 1.94 bits per heavy atom. The Morgan fingerprint density at radius 1 is 1.21 bits per heavy atom. The quantitative estimate of drug-likeness (QED) is 0.604. The van der Waals surface area contributed by atoms with Crippen LogP contribution in [-0.2, 0) is 19.5 Å². The summed E-state index contributed by atoms with van der Waals surface area (Å²) in [6.07, 6.45) is 4.77. The van der Waals surface area contributed by atoms with Crippen LogP contribution in [0.3, 0.4) is 0 Å². The SMILES string of the molecule is CC[C@H]1CNCCN1C(=O)OC1([C@H]2COC[C@@H](CC3CC3)N2S(=O)(=O)c2ccc(Cl)cc2)CC1. The zero-order valence-electron chi connectivity index (χ0n) is 19.6. The molecule has 5 rings (SSSR count). The number of carbonyl (C=O) groups is 1. The summed E-state index contributed by atoms with van der Waals surface area (Å²) in [5.74, 6) is 0.527. The number of nitrogens with zero attached hydrogens (tertiary/aromatic N) is 2. The van der Waals surface area contributed by atoms with E-state index < -0.39 is 21.7 Å². The van der Waals surface area contributed by atoms with Gasteiger partial charge in [-0.3, -0.25) is 0 Å². The van der Waals surface area contributed by atoms with Crippen LogP contribution in [0.1, 0.15) is 45.4 Å². The Bertz CT molecular complexity index is 996. The van der Waals surface area contributed by atoms with Gasteiger partial charge in [0.15, 0.2) is 0 Å². The number of sulfonamides is 1. The summed E-state index contributed by atoms with van der Waals surface area (Å²) < 4.78 is 41.6. The topological polar surface area (TPSA) is 88.2 Å². The van der Waals surface area contributed by atoms with E-state index in [0.29, 0.717) is 36.9 Å². The van der Waals surface area contributed by atoms with Gasteiger partial charge in [-0.25, -0.2) is 13.2 Å². The first-order valence-corrected chi connectivity index (χ1v) is 14.2. The van der Waals surface area contributed by atoms with Crippen molar-refractivity contribution in [2.75, 3.05) is 32.8 Å². The monoisotopic (exact) mass is 511 g/mol. The summed E-state index contributed by atoms with van der Waals surface area (Å²) in [5, 5.41) is 3.81. The van der Waals surface area contributed by atoms with Crippen LogP contribution in [0.5, 0.6) is 0 Å². The summed E-state index contributed by atoms with van der Waals surface area (Å²) >= 11 is 6.02. The molecule has 2 heterocycles. The first-order chi connectivity index (χ1) is 16.3. The number of hydrogen-bond donors (Lipinski definition) is 1. The molecule has 4 aliphatic rings. The van der Waals surface area contributed by atoms with Crippen LogP contribution in [0.4, 0.5) is 4.79 Å². The highest BCUT2D eigenvalue weighted by molar-refractivity contribution is 7.89. The zero-order valence-corrected chi connectivity index (χ0v) is 21.2. The lowest BCUT2D eigenvalue weighted by Gasteiger charge is -2.45. The third-order valence-corrected chi connectivity index (χ3v) is 9.87. The Morgan fingerprint density at radius 3 is 2.59 bits per heavy atom. The van der Waals surface area contributed by atoms with Crippen molar-refractivity contribution in [3.63, 3.8) is 0 Å². The Labute approximate surface area is 206 Å². The number of benzene rings is 1. The molecule has 3 atom stereocenters. The average Bonchev–Trinajstić information content (AvgIpc) is 3.77. The summed E-state index contributed by atoms with van der Waals surface area (Å²) in [6.45, 7) is 4.70. The van der Waals surface area contributed by atoms with Gasteiger partial charge in [-0.2, -0.15) is 4.31 Å². The Hall–Kier alpha value is -1.39. The van der Waals surface area contributed by atoms with Gasteiger partial charge in [0, 0.05) is 36.7 Å². The minimum absolute atomic E-state index is 0.0798. The number of ether oxygens (including phenoxy) is 2. The molecule has 1 N–H and O–H groups in total. The van der Waals surface area contributed by atoms with Crippen LogP contribution in [0.2, 0.25) is 5.02 Å². The van der Waals surface area contributed by atoms with Gasteiger partial charge in [0.1, 0.15) is 5.60 Å². The predicted molar refractivity (Wildman–Crippen MR) is 128 cm³/mol. The number of carbonyl (C=O) groups excluding carboxylic acids is 1. The third-order valence-electron chi connectivity index (χ3n) is 7.64. The number of halogens is 1. The second-order valence-corrected chi connectivity index (χ2v) is 12.3. The lowest BCUT2D eigenvalue weighted by Crippen LogP contribution is -2.62. The molecule has 2 saturated carbocycles. The molecule has 2 aliphatic heterocycles. The highest BCUT2D eigenvalue weighted by Crippen LogP contribution is 2.49. The molecular formula is C24H34ClN3O5S. The standard InChI is InChI=1S/C24H34ClN3O5S/c1-2-19-14-26-11-12-27(19)23(29)33-24(9-10-24)22-16-32-15-20(13-17-3-4-17)28(22)34(30,31)21-7-5-18(25)6-8-21/h5-8,17,19-20,22,26H,2-4,9-16H2,1H3/t19-,20+,22+/m0/s1. The van der Waals surface area contributed by atoms with E-state index in [4.69, 9.17) is 21.1 Å². The molecule has 1 aromatic rings. The van der Waals surface area contributed by atoms with E-state index >= 15 is 0 Å². The summed E-state index contributed by atoms with van der Waals surface area (Å²) in [4.78, 5) is 15.3.